The summed E-state index contributed by atoms with van der Waals surface area (Å²) in [6.45, 7) is 2.31. The minimum absolute atomic E-state index is 0.255. The van der Waals surface area contributed by atoms with Crippen molar-refractivity contribution in [2.24, 2.45) is 0 Å². The summed E-state index contributed by atoms with van der Waals surface area (Å²) >= 11 is 0. The number of piperidine rings is 1. The number of benzene rings is 1. The summed E-state index contributed by atoms with van der Waals surface area (Å²) in [7, 11) is 0. The second kappa shape index (κ2) is 5.32. The lowest BCUT2D eigenvalue weighted by atomic mass is 9.63. The SMILES string of the molecule is N#CC1(c2ccccc2)CC(NN2CCCCC2)C1. The van der Waals surface area contributed by atoms with Crippen LogP contribution in [-0.2, 0) is 5.41 Å². The number of nitrogens with zero attached hydrogens (tertiary/aromatic N) is 2. The Bertz CT molecular complexity index is 451. The summed E-state index contributed by atoms with van der Waals surface area (Å²) in [4.78, 5) is 0. The number of hydrogen-bond acceptors (Lipinski definition) is 3. The predicted molar refractivity (Wildman–Crippen MR) is 75.3 cm³/mol. The van der Waals surface area contributed by atoms with E-state index < -0.39 is 0 Å². The molecular weight excluding hydrogens is 234 g/mol. The van der Waals surface area contributed by atoms with E-state index in [1.165, 1.54) is 24.8 Å². The highest BCUT2D eigenvalue weighted by molar-refractivity contribution is 5.36. The average molecular weight is 255 g/mol. The lowest BCUT2D eigenvalue weighted by Gasteiger charge is -2.46. The first-order valence-corrected chi connectivity index (χ1v) is 7.30. The van der Waals surface area contributed by atoms with Crippen molar-refractivity contribution in [2.75, 3.05) is 13.1 Å². The third-order valence-electron chi connectivity index (χ3n) is 4.45. The van der Waals surface area contributed by atoms with Gasteiger partial charge in [0.15, 0.2) is 0 Å². The van der Waals surface area contributed by atoms with Crippen molar-refractivity contribution in [2.45, 2.75) is 43.6 Å². The lowest BCUT2D eigenvalue weighted by molar-refractivity contribution is 0.0758. The Morgan fingerprint density at radius 1 is 1.11 bits per heavy atom. The molecule has 1 aromatic rings. The molecule has 0 unspecified atom stereocenters. The molecule has 1 aliphatic heterocycles. The maximum Gasteiger partial charge on any atom is 0.0853 e. The van der Waals surface area contributed by atoms with Gasteiger partial charge in [-0.25, -0.2) is 5.01 Å². The second-order valence-electron chi connectivity index (χ2n) is 5.84. The molecule has 0 bridgehead atoms. The van der Waals surface area contributed by atoms with Gasteiger partial charge in [0.2, 0.25) is 0 Å². The van der Waals surface area contributed by atoms with Gasteiger partial charge in [0.1, 0.15) is 0 Å². The largest absolute Gasteiger partial charge is 0.252 e. The first-order valence-electron chi connectivity index (χ1n) is 7.30. The first-order chi connectivity index (χ1) is 9.32. The normalized spacial score (nSPS) is 31.4. The van der Waals surface area contributed by atoms with Crippen LogP contribution in [0.3, 0.4) is 0 Å². The number of hydrogen-bond donors (Lipinski definition) is 1. The summed E-state index contributed by atoms with van der Waals surface area (Å²) in [5, 5.41) is 11.9. The maximum atomic E-state index is 9.52. The van der Waals surface area contributed by atoms with Crippen LogP contribution in [0.15, 0.2) is 30.3 Å². The molecule has 2 fully saturated rings. The molecule has 2 aliphatic rings. The second-order valence-corrected chi connectivity index (χ2v) is 5.84. The fraction of sp³-hybridized carbons (Fsp3) is 0.562. The summed E-state index contributed by atoms with van der Waals surface area (Å²) in [5.41, 5.74) is 4.52. The Kier molecular flexibility index (Phi) is 3.54. The molecule has 3 heteroatoms. The average Bonchev–Trinajstić information content (AvgIpc) is 2.44. The van der Waals surface area contributed by atoms with Crippen LogP contribution < -0.4 is 5.43 Å². The van der Waals surface area contributed by atoms with Crippen LogP contribution in [0.4, 0.5) is 0 Å². The van der Waals surface area contributed by atoms with Gasteiger partial charge in [-0.1, -0.05) is 36.8 Å². The standard InChI is InChI=1S/C16H21N3/c17-13-16(14-7-3-1-4-8-14)11-15(12-16)18-19-9-5-2-6-10-19/h1,3-4,7-8,15,18H,2,5-6,9-12H2. The molecule has 0 spiro atoms. The van der Waals surface area contributed by atoms with E-state index in [0.717, 1.165) is 25.9 Å². The number of hydrazine groups is 1. The van der Waals surface area contributed by atoms with Crippen LogP contribution in [-0.4, -0.2) is 24.1 Å². The van der Waals surface area contributed by atoms with Crippen molar-refractivity contribution < 1.29 is 0 Å². The zero-order valence-electron chi connectivity index (χ0n) is 11.3. The van der Waals surface area contributed by atoms with Crippen molar-refractivity contribution >= 4 is 0 Å². The molecule has 0 atom stereocenters. The summed E-state index contributed by atoms with van der Waals surface area (Å²) < 4.78 is 0. The summed E-state index contributed by atoms with van der Waals surface area (Å²) in [6.07, 6.45) is 5.81. The molecule has 0 amide bonds. The van der Waals surface area contributed by atoms with E-state index in [9.17, 15) is 5.26 Å². The zero-order valence-corrected chi connectivity index (χ0v) is 11.3. The Hall–Kier alpha value is -1.37. The minimum Gasteiger partial charge on any atom is -0.252 e. The van der Waals surface area contributed by atoms with Crippen LogP contribution in [0.1, 0.15) is 37.7 Å². The molecule has 19 heavy (non-hydrogen) atoms. The van der Waals surface area contributed by atoms with Gasteiger partial charge in [-0.3, -0.25) is 5.43 Å². The Balaban J connectivity index is 1.59. The summed E-state index contributed by atoms with van der Waals surface area (Å²) in [5.74, 6) is 0. The molecule has 3 nitrogen and oxygen atoms in total. The topological polar surface area (TPSA) is 39.1 Å². The maximum absolute atomic E-state index is 9.52. The molecular formula is C16H21N3. The summed E-state index contributed by atoms with van der Waals surface area (Å²) in [6, 6.07) is 13.2. The van der Waals surface area contributed by atoms with Crippen LogP contribution >= 0.6 is 0 Å². The molecule has 1 aromatic carbocycles. The highest BCUT2D eigenvalue weighted by atomic mass is 15.5. The molecule has 1 N–H and O–H groups in total. The van der Waals surface area contributed by atoms with Gasteiger partial charge in [-0.2, -0.15) is 5.26 Å². The fourth-order valence-electron chi connectivity index (χ4n) is 3.30. The molecule has 1 saturated heterocycles. The monoisotopic (exact) mass is 255 g/mol. The van der Waals surface area contributed by atoms with Gasteiger partial charge in [0, 0.05) is 19.1 Å². The van der Waals surface area contributed by atoms with Crippen LogP contribution in [0, 0.1) is 11.3 Å². The van der Waals surface area contributed by atoms with Crippen molar-refractivity contribution in [1.82, 2.24) is 10.4 Å². The van der Waals surface area contributed by atoms with E-state index in [4.69, 9.17) is 0 Å². The highest BCUT2D eigenvalue weighted by Gasteiger charge is 2.46. The van der Waals surface area contributed by atoms with Gasteiger partial charge in [0.25, 0.3) is 0 Å². The van der Waals surface area contributed by atoms with E-state index in [1.54, 1.807) is 0 Å². The highest BCUT2D eigenvalue weighted by Crippen LogP contribution is 2.43. The van der Waals surface area contributed by atoms with Gasteiger partial charge in [-0.05, 0) is 31.2 Å². The van der Waals surface area contributed by atoms with Crippen molar-refractivity contribution in [1.29, 1.82) is 5.26 Å². The Morgan fingerprint density at radius 3 is 2.42 bits per heavy atom. The van der Waals surface area contributed by atoms with Gasteiger partial charge >= 0.3 is 0 Å². The molecule has 1 aliphatic carbocycles. The molecule has 0 aromatic heterocycles. The molecule has 3 rings (SSSR count). The van der Waals surface area contributed by atoms with Crippen LogP contribution in [0.25, 0.3) is 0 Å². The predicted octanol–water partition coefficient (Wildman–Crippen LogP) is 2.60. The van der Waals surface area contributed by atoms with E-state index in [-0.39, 0.29) is 5.41 Å². The van der Waals surface area contributed by atoms with Crippen molar-refractivity contribution in [3.8, 4) is 6.07 Å². The number of nitriles is 1. The van der Waals surface area contributed by atoms with E-state index in [2.05, 4.69) is 28.6 Å². The molecule has 100 valence electrons. The van der Waals surface area contributed by atoms with Gasteiger partial charge in [0.05, 0.1) is 11.5 Å². The number of nitrogens with one attached hydrogen (secondary N) is 1. The van der Waals surface area contributed by atoms with Gasteiger partial charge < -0.3 is 0 Å². The molecule has 1 saturated carbocycles. The third-order valence-corrected chi connectivity index (χ3v) is 4.45. The number of rotatable bonds is 3. The molecule has 1 heterocycles. The zero-order chi connectivity index (χ0) is 13.1. The van der Waals surface area contributed by atoms with Crippen LogP contribution in [0.2, 0.25) is 0 Å². The van der Waals surface area contributed by atoms with E-state index >= 15 is 0 Å². The van der Waals surface area contributed by atoms with E-state index in [0.29, 0.717) is 6.04 Å². The molecule has 0 radical (unpaired) electrons. The van der Waals surface area contributed by atoms with Gasteiger partial charge in [-0.15, -0.1) is 0 Å². The fourth-order valence-corrected chi connectivity index (χ4v) is 3.30. The Labute approximate surface area is 115 Å². The lowest BCUT2D eigenvalue weighted by Crippen LogP contribution is -2.57. The quantitative estimate of drug-likeness (QED) is 0.902. The third kappa shape index (κ3) is 2.51. The van der Waals surface area contributed by atoms with Crippen molar-refractivity contribution in [3.63, 3.8) is 0 Å². The first kappa shape index (κ1) is 12.7. The van der Waals surface area contributed by atoms with Crippen molar-refractivity contribution in [3.05, 3.63) is 35.9 Å². The van der Waals surface area contributed by atoms with E-state index in [1.807, 2.05) is 18.2 Å². The minimum atomic E-state index is -0.255. The Morgan fingerprint density at radius 2 is 1.79 bits per heavy atom. The van der Waals surface area contributed by atoms with Crippen LogP contribution in [0.5, 0.6) is 0 Å². The smallest absolute Gasteiger partial charge is 0.0853 e.